The van der Waals surface area contributed by atoms with E-state index in [9.17, 15) is 9.59 Å². The van der Waals surface area contributed by atoms with Gasteiger partial charge in [0, 0.05) is 5.56 Å². The number of ether oxygens (including phenoxy) is 1. The fraction of sp³-hybridized carbons (Fsp3) is 0.192. The standard InChI is InChI=1S/C26H24N2O4/c1-3-4-15-31-26(30)20-10-8-9-19(16-20)24-14-13-22(32-24)17-23-18(2)27-28(25(23)29)21-11-6-5-7-12-21/h5-14,16-17H,3-4,15H2,1-2H3. The zero-order chi connectivity index (χ0) is 22.5. The van der Waals surface area contributed by atoms with Gasteiger partial charge in [0.1, 0.15) is 11.5 Å². The average Bonchev–Trinajstić information content (AvgIpc) is 3.40. The first-order valence-electron chi connectivity index (χ1n) is 10.6. The van der Waals surface area contributed by atoms with Gasteiger partial charge in [-0.25, -0.2) is 4.79 Å². The van der Waals surface area contributed by atoms with Crippen LogP contribution in [0.4, 0.5) is 5.69 Å². The lowest BCUT2D eigenvalue weighted by Crippen LogP contribution is -2.21. The molecule has 0 saturated heterocycles. The van der Waals surface area contributed by atoms with Crippen LogP contribution in [-0.2, 0) is 9.53 Å². The van der Waals surface area contributed by atoms with E-state index in [1.807, 2.05) is 49.4 Å². The molecular formula is C26H24N2O4. The number of hydrogen-bond donors (Lipinski definition) is 0. The number of furan rings is 1. The third kappa shape index (κ3) is 4.54. The predicted molar refractivity (Wildman–Crippen MR) is 124 cm³/mol. The molecule has 6 heteroatoms. The van der Waals surface area contributed by atoms with Crippen molar-refractivity contribution in [1.82, 2.24) is 0 Å². The summed E-state index contributed by atoms with van der Waals surface area (Å²) >= 11 is 0. The maximum Gasteiger partial charge on any atom is 0.338 e. The predicted octanol–water partition coefficient (Wildman–Crippen LogP) is 5.71. The van der Waals surface area contributed by atoms with E-state index in [2.05, 4.69) is 5.10 Å². The summed E-state index contributed by atoms with van der Waals surface area (Å²) in [6.07, 6.45) is 3.50. The molecule has 0 fully saturated rings. The summed E-state index contributed by atoms with van der Waals surface area (Å²) in [6.45, 7) is 4.25. The summed E-state index contributed by atoms with van der Waals surface area (Å²) in [6, 6.07) is 20.0. The molecule has 0 atom stereocenters. The summed E-state index contributed by atoms with van der Waals surface area (Å²) in [7, 11) is 0. The Hall–Kier alpha value is -3.93. The molecule has 0 unspecified atom stereocenters. The first-order valence-corrected chi connectivity index (χ1v) is 10.6. The van der Waals surface area contributed by atoms with E-state index in [0.29, 0.717) is 40.7 Å². The monoisotopic (exact) mass is 428 g/mol. The van der Waals surface area contributed by atoms with E-state index in [4.69, 9.17) is 9.15 Å². The van der Waals surface area contributed by atoms with E-state index in [1.54, 1.807) is 37.3 Å². The number of benzene rings is 2. The number of hydrogen-bond acceptors (Lipinski definition) is 5. The molecule has 0 N–H and O–H groups in total. The molecular weight excluding hydrogens is 404 g/mol. The van der Waals surface area contributed by atoms with Crippen molar-refractivity contribution >= 4 is 29.4 Å². The Balaban J connectivity index is 1.53. The van der Waals surface area contributed by atoms with Crippen LogP contribution in [0.15, 0.2) is 81.8 Å². The number of carbonyl (C=O) groups excluding carboxylic acids is 2. The van der Waals surface area contributed by atoms with Gasteiger partial charge in [-0.3, -0.25) is 4.79 Å². The minimum Gasteiger partial charge on any atom is -0.462 e. The Morgan fingerprint density at radius 2 is 1.91 bits per heavy atom. The third-order valence-electron chi connectivity index (χ3n) is 5.09. The molecule has 1 aromatic heterocycles. The highest BCUT2D eigenvalue weighted by Crippen LogP contribution is 2.28. The van der Waals surface area contributed by atoms with Crippen molar-refractivity contribution in [3.8, 4) is 11.3 Å². The number of unbranched alkanes of at least 4 members (excludes halogenated alkanes) is 1. The van der Waals surface area contributed by atoms with Gasteiger partial charge in [0.15, 0.2) is 0 Å². The van der Waals surface area contributed by atoms with Gasteiger partial charge in [-0.15, -0.1) is 0 Å². The highest BCUT2D eigenvalue weighted by atomic mass is 16.5. The molecule has 1 aliphatic rings. The number of para-hydroxylation sites is 1. The maximum absolute atomic E-state index is 12.9. The second kappa shape index (κ2) is 9.47. The molecule has 4 rings (SSSR count). The van der Waals surface area contributed by atoms with Crippen LogP contribution < -0.4 is 5.01 Å². The van der Waals surface area contributed by atoms with E-state index in [1.165, 1.54) is 5.01 Å². The Bertz CT molecular complexity index is 1190. The van der Waals surface area contributed by atoms with Crippen molar-refractivity contribution in [1.29, 1.82) is 0 Å². The topological polar surface area (TPSA) is 72.1 Å². The van der Waals surface area contributed by atoms with Crippen LogP contribution in [0, 0.1) is 0 Å². The number of nitrogens with zero attached hydrogens (tertiary/aromatic N) is 2. The molecule has 1 amide bonds. The maximum atomic E-state index is 12.9. The minimum absolute atomic E-state index is 0.205. The van der Waals surface area contributed by atoms with Crippen molar-refractivity contribution in [2.24, 2.45) is 5.10 Å². The van der Waals surface area contributed by atoms with Crippen LogP contribution in [0.3, 0.4) is 0 Å². The molecule has 6 nitrogen and oxygen atoms in total. The van der Waals surface area contributed by atoms with Crippen molar-refractivity contribution < 1.29 is 18.7 Å². The van der Waals surface area contributed by atoms with Gasteiger partial charge in [-0.1, -0.05) is 43.7 Å². The normalized spacial score (nSPS) is 14.7. The summed E-state index contributed by atoms with van der Waals surface area (Å²) < 4.78 is 11.2. The first kappa shape index (κ1) is 21.3. The molecule has 2 heterocycles. The van der Waals surface area contributed by atoms with Crippen LogP contribution in [0.1, 0.15) is 42.8 Å². The number of anilines is 1. The zero-order valence-electron chi connectivity index (χ0n) is 18.1. The number of hydrazone groups is 1. The smallest absolute Gasteiger partial charge is 0.338 e. The van der Waals surface area contributed by atoms with E-state index in [-0.39, 0.29) is 11.9 Å². The molecule has 162 valence electrons. The molecule has 0 saturated carbocycles. The van der Waals surface area contributed by atoms with Gasteiger partial charge < -0.3 is 9.15 Å². The Morgan fingerprint density at radius 3 is 2.69 bits per heavy atom. The molecule has 3 aromatic rings. The van der Waals surface area contributed by atoms with E-state index < -0.39 is 0 Å². The summed E-state index contributed by atoms with van der Waals surface area (Å²) in [5.41, 5.74) is 3.04. The third-order valence-corrected chi connectivity index (χ3v) is 5.09. The van der Waals surface area contributed by atoms with Crippen LogP contribution >= 0.6 is 0 Å². The van der Waals surface area contributed by atoms with Crippen molar-refractivity contribution in [2.75, 3.05) is 11.6 Å². The van der Waals surface area contributed by atoms with E-state index in [0.717, 1.165) is 18.4 Å². The fourth-order valence-corrected chi connectivity index (χ4v) is 3.35. The van der Waals surface area contributed by atoms with Crippen LogP contribution in [0.25, 0.3) is 17.4 Å². The molecule has 2 aromatic carbocycles. The summed E-state index contributed by atoms with van der Waals surface area (Å²) in [4.78, 5) is 25.1. The van der Waals surface area contributed by atoms with Gasteiger partial charge in [-0.05, 0) is 55.8 Å². The van der Waals surface area contributed by atoms with Crippen LogP contribution in [0.5, 0.6) is 0 Å². The Kier molecular flexibility index (Phi) is 6.31. The molecule has 1 aliphatic heterocycles. The molecule has 0 radical (unpaired) electrons. The highest BCUT2D eigenvalue weighted by molar-refractivity contribution is 6.32. The minimum atomic E-state index is -0.349. The van der Waals surface area contributed by atoms with Crippen LogP contribution in [-0.4, -0.2) is 24.2 Å². The lowest BCUT2D eigenvalue weighted by molar-refractivity contribution is -0.114. The number of amides is 1. The largest absolute Gasteiger partial charge is 0.462 e. The Labute approximate surface area is 186 Å². The van der Waals surface area contributed by atoms with Crippen LogP contribution in [0.2, 0.25) is 0 Å². The summed E-state index contributed by atoms with van der Waals surface area (Å²) in [5.74, 6) is 0.575. The molecule has 0 spiro atoms. The van der Waals surface area contributed by atoms with Crippen molar-refractivity contribution in [3.05, 3.63) is 83.6 Å². The van der Waals surface area contributed by atoms with Crippen molar-refractivity contribution in [2.45, 2.75) is 26.7 Å². The van der Waals surface area contributed by atoms with Gasteiger partial charge >= 0.3 is 5.97 Å². The highest BCUT2D eigenvalue weighted by Gasteiger charge is 2.28. The number of carbonyl (C=O) groups is 2. The van der Waals surface area contributed by atoms with E-state index >= 15 is 0 Å². The van der Waals surface area contributed by atoms with Gasteiger partial charge in [0.25, 0.3) is 5.91 Å². The fourth-order valence-electron chi connectivity index (χ4n) is 3.35. The number of rotatable bonds is 7. The summed E-state index contributed by atoms with van der Waals surface area (Å²) in [5, 5.41) is 5.77. The lowest BCUT2D eigenvalue weighted by atomic mass is 10.1. The average molecular weight is 428 g/mol. The van der Waals surface area contributed by atoms with Gasteiger partial charge in [0.2, 0.25) is 0 Å². The van der Waals surface area contributed by atoms with Gasteiger partial charge in [-0.2, -0.15) is 10.1 Å². The first-order chi connectivity index (χ1) is 15.6. The second-order valence-electron chi connectivity index (χ2n) is 7.47. The second-order valence-corrected chi connectivity index (χ2v) is 7.47. The zero-order valence-corrected chi connectivity index (χ0v) is 18.1. The van der Waals surface area contributed by atoms with Crippen molar-refractivity contribution in [3.63, 3.8) is 0 Å². The SMILES string of the molecule is CCCCOC(=O)c1cccc(-c2ccc(C=C3C(=O)N(c4ccccc4)N=C3C)o2)c1. The quantitative estimate of drug-likeness (QED) is 0.274. The molecule has 0 bridgehead atoms. The molecule has 32 heavy (non-hydrogen) atoms. The van der Waals surface area contributed by atoms with Gasteiger partial charge in [0.05, 0.1) is 29.1 Å². The lowest BCUT2D eigenvalue weighted by Gasteiger charge is -2.10. The Morgan fingerprint density at radius 1 is 1.09 bits per heavy atom. The molecule has 0 aliphatic carbocycles. The number of esters is 1.